The molecule has 0 bridgehead atoms. The lowest BCUT2D eigenvalue weighted by molar-refractivity contribution is -0.119. The summed E-state index contributed by atoms with van der Waals surface area (Å²) >= 11 is 0. The Morgan fingerprint density at radius 2 is 1.02 bits per heavy atom. The van der Waals surface area contributed by atoms with Crippen LogP contribution in [0.2, 0.25) is 0 Å². The maximum absolute atomic E-state index is 13.7. The van der Waals surface area contributed by atoms with E-state index in [0.29, 0.717) is 41.3 Å². The predicted molar refractivity (Wildman–Crippen MR) is 388 cm³/mol. The average Bonchev–Trinajstić information content (AvgIpc) is 1.51. The number of carbonyl (C=O) groups is 5. The average molecular weight is 1380 g/mol. The highest BCUT2D eigenvalue weighted by Gasteiger charge is 2.17. The summed E-state index contributed by atoms with van der Waals surface area (Å²) in [4.78, 5) is 68.5. The molecule has 0 spiro atoms. The Hall–Kier alpha value is -11.2. The van der Waals surface area contributed by atoms with Crippen molar-refractivity contribution in [2.75, 3.05) is 52.6 Å². The minimum Gasteiger partial charge on any atom is -0.395 e. The number of benzene rings is 7. The number of aliphatic hydroxyl groups is 1. The first-order valence-electron chi connectivity index (χ1n) is 32.1. The molecular weight excluding hydrogens is 1300 g/mol. The quantitative estimate of drug-likeness (QED) is 0.0108. The summed E-state index contributed by atoms with van der Waals surface area (Å²) in [5.74, 6) is -6.73. The molecule has 0 saturated heterocycles. The van der Waals surface area contributed by atoms with Gasteiger partial charge in [0, 0.05) is 105 Å². The summed E-state index contributed by atoms with van der Waals surface area (Å²) in [7, 11) is 1.66. The Morgan fingerprint density at radius 1 is 0.500 bits per heavy atom. The van der Waals surface area contributed by atoms with Crippen LogP contribution in [0.15, 0.2) is 229 Å². The second kappa shape index (κ2) is 38.7. The van der Waals surface area contributed by atoms with Crippen molar-refractivity contribution < 1.29 is 55.1 Å². The lowest BCUT2D eigenvalue weighted by atomic mass is 10.0. The van der Waals surface area contributed by atoms with Crippen LogP contribution in [0.1, 0.15) is 79.2 Å². The molecule has 0 aliphatic rings. The lowest BCUT2D eigenvalue weighted by Crippen LogP contribution is -2.28. The summed E-state index contributed by atoms with van der Waals surface area (Å²) in [6, 6.07) is 58.3. The van der Waals surface area contributed by atoms with Gasteiger partial charge in [0.25, 0.3) is 33.7 Å². The van der Waals surface area contributed by atoms with Gasteiger partial charge >= 0.3 is 0 Å². The molecule has 3 aromatic heterocycles. The number of halogens is 4. The molecule has 0 aliphatic heterocycles. The smallest absolute Gasteiger partial charge is 0.279 e. The SMILES string of the molecule is CNC(=O)/C(F)=C/c1ccc(C(=O)Cc2ccccc2)[nH]1.CNC(=O)/C(F)=C/c1ccc(CCCCc2c(C)[nH]c3ccccc23)cc1.CNC(=O)/C(F)=C/c1ccc(CN(CCO)CCc2c[nH]c3ccccc23)cc1.CNC(=O)/C(F)=C/c1cccc(S(=O)(=O)Nc2ccccc2)c1. The first kappa shape index (κ1) is 76.2. The minimum absolute atomic E-state index is 0.0280. The fourth-order valence-electron chi connectivity index (χ4n) is 10.4. The zero-order valence-corrected chi connectivity index (χ0v) is 56.9. The standard InChI is InChI=1S/C23H26FN3O2.C23H25FN2O.C16H15FN2O3S.C16H15FN2O2/c1-25-23(29)21(24)14-17-6-8-18(9-7-17)16-27(12-13-28)11-10-19-15-26-22-5-3-2-4-20(19)22;1-16-19(20-9-5-6-10-22(20)26-16)8-4-3-7-17-11-13-18(14-12-17)15-21(24)23(27)25-2;1-18-16(20)15(17)11-12-6-5-9-14(10-12)23(21,22)19-13-7-3-2-4-8-13;1-18-16(21)13(17)10-12-7-8-14(19-12)15(20)9-11-5-3-2-4-6-11/h2-9,14-15,26,28H,10-13,16H2,1H3,(H,25,29);5-6,9-15,26H,3-4,7-8H2,1-2H3,(H,25,27);2-11,19H,1H3,(H,18,20);2-8,10,19H,9H2,1H3,(H,18,21)/b21-14-;21-15-;15-11-;13-10-. The molecule has 0 unspecified atom stereocenters. The number of unbranched alkanes of at least 4 members (excludes halogenated alkanes) is 1. The number of rotatable bonds is 26. The molecule has 7 aromatic carbocycles. The van der Waals surface area contributed by atoms with Crippen LogP contribution in [0.4, 0.5) is 23.2 Å². The number of Topliss-reactive ketones (excluding diaryl/α,β-unsaturated/α-hetero) is 1. The van der Waals surface area contributed by atoms with Crippen molar-refractivity contribution in [3.05, 3.63) is 285 Å². The van der Waals surface area contributed by atoms with Crippen LogP contribution in [-0.2, 0) is 61.4 Å². The highest BCUT2D eigenvalue weighted by atomic mass is 32.2. The molecular formula is C78H81F4N9O8S. The number of carbonyl (C=O) groups excluding carboxylic acids is 5. The van der Waals surface area contributed by atoms with Crippen molar-refractivity contribution >= 4 is 91.2 Å². The highest BCUT2D eigenvalue weighted by molar-refractivity contribution is 7.92. The Labute approximate surface area is 579 Å². The van der Waals surface area contributed by atoms with E-state index >= 15 is 0 Å². The number of nitrogens with zero attached hydrogens (tertiary/aromatic N) is 1. The van der Waals surface area contributed by atoms with Gasteiger partial charge in [-0.05, 0) is 150 Å². The first-order chi connectivity index (χ1) is 48.2. The minimum atomic E-state index is -3.80. The Bertz CT molecular complexity index is 4610. The topological polar surface area (TPSA) is 250 Å². The Balaban J connectivity index is 0.000000189. The molecule has 0 saturated carbocycles. The summed E-state index contributed by atoms with van der Waals surface area (Å²) < 4.78 is 81.2. The fourth-order valence-corrected chi connectivity index (χ4v) is 11.5. The van der Waals surface area contributed by atoms with E-state index in [-0.39, 0.29) is 29.3 Å². The van der Waals surface area contributed by atoms with Crippen LogP contribution in [0.25, 0.3) is 46.1 Å². The van der Waals surface area contributed by atoms with E-state index in [9.17, 15) is 55.1 Å². The van der Waals surface area contributed by atoms with E-state index in [1.807, 2.05) is 85.1 Å². The molecule has 0 aliphatic carbocycles. The maximum Gasteiger partial charge on any atom is 0.279 e. The molecule has 520 valence electrons. The van der Waals surface area contributed by atoms with Gasteiger partial charge in [0.05, 0.1) is 17.2 Å². The van der Waals surface area contributed by atoms with Crippen LogP contribution in [0.3, 0.4) is 0 Å². The molecule has 0 fully saturated rings. The van der Waals surface area contributed by atoms with Crippen molar-refractivity contribution in [1.82, 2.24) is 41.1 Å². The molecule has 3 heterocycles. The van der Waals surface area contributed by atoms with Gasteiger partial charge in [0.2, 0.25) is 0 Å². The zero-order valence-electron chi connectivity index (χ0n) is 56.1. The number of hydrogen-bond donors (Lipinski definition) is 9. The first-order valence-corrected chi connectivity index (χ1v) is 33.6. The Kier molecular flexibility index (Phi) is 29.5. The van der Waals surface area contributed by atoms with Gasteiger partial charge in [0.1, 0.15) is 0 Å². The van der Waals surface area contributed by atoms with E-state index in [4.69, 9.17) is 0 Å². The Morgan fingerprint density at radius 3 is 1.61 bits per heavy atom. The second-order valence-corrected chi connectivity index (χ2v) is 24.5. The van der Waals surface area contributed by atoms with Crippen molar-refractivity contribution in [2.24, 2.45) is 0 Å². The number of likely N-dealkylation sites (N-methyl/N-ethyl adjacent to an activating group) is 4. The number of amides is 4. The van der Waals surface area contributed by atoms with Crippen LogP contribution < -0.4 is 26.0 Å². The van der Waals surface area contributed by atoms with Gasteiger partial charge in [0.15, 0.2) is 29.1 Å². The van der Waals surface area contributed by atoms with Crippen molar-refractivity contribution in [1.29, 1.82) is 0 Å². The number of hydrogen-bond acceptors (Lipinski definition) is 9. The van der Waals surface area contributed by atoms with Crippen molar-refractivity contribution in [3.8, 4) is 0 Å². The van der Waals surface area contributed by atoms with Gasteiger partial charge < -0.3 is 41.3 Å². The van der Waals surface area contributed by atoms with Crippen LogP contribution >= 0.6 is 0 Å². The maximum atomic E-state index is 13.7. The molecule has 17 nitrogen and oxygen atoms in total. The third kappa shape index (κ3) is 23.5. The van der Waals surface area contributed by atoms with Gasteiger partial charge in [-0.3, -0.25) is 33.6 Å². The van der Waals surface area contributed by atoms with Gasteiger partial charge in [-0.25, -0.2) is 26.0 Å². The molecule has 100 heavy (non-hydrogen) atoms. The lowest BCUT2D eigenvalue weighted by Gasteiger charge is -2.21. The molecule has 4 amide bonds. The fraction of sp³-hybridized carbons (Fsp3) is 0.192. The number of aryl methyl sites for hydroxylation is 3. The third-order valence-corrected chi connectivity index (χ3v) is 17.1. The van der Waals surface area contributed by atoms with Crippen molar-refractivity contribution in [3.63, 3.8) is 0 Å². The second-order valence-electron chi connectivity index (χ2n) is 22.8. The van der Waals surface area contributed by atoms with E-state index in [1.54, 1.807) is 54.6 Å². The number of nitrogens with one attached hydrogen (secondary N) is 8. The van der Waals surface area contributed by atoms with Crippen LogP contribution in [0, 0.1) is 6.92 Å². The molecule has 10 rings (SSSR count). The van der Waals surface area contributed by atoms with Gasteiger partial charge in [-0.1, -0.05) is 146 Å². The van der Waals surface area contributed by atoms with E-state index in [2.05, 4.69) is 89.2 Å². The normalized spacial score (nSPS) is 11.7. The molecule has 0 atom stereocenters. The van der Waals surface area contributed by atoms with E-state index < -0.39 is 57.0 Å². The monoisotopic (exact) mass is 1380 g/mol. The number of aromatic amines is 3. The third-order valence-electron chi connectivity index (χ3n) is 15.7. The number of para-hydroxylation sites is 3. The van der Waals surface area contributed by atoms with Crippen molar-refractivity contribution in [2.45, 2.75) is 56.9 Å². The summed E-state index contributed by atoms with van der Waals surface area (Å²) in [6.45, 7) is 4.31. The largest absolute Gasteiger partial charge is 0.395 e. The van der Waals surface area contributed by atoms with E-state index in [0.717, 1.165) is 67.4 Å². The molecule has 22 heteroatoms. The molecule has 0 radical (unpaired) electrons. The molecule has 9 N–H and O–H groups in total. The van der Waals surface area contributed by atoms with Crippen LogP contribution in [-0.4, -0.2) is 111 Å². The number of ketones is 1. The van der Waals surface area contributed by atoms with E-state index in [1.165, 1.54) is 103 Å². The predicted octanol–water partition coefficient (Wildman–Crippen LogP) is 13.4. The zero-order chi connectivity index (χ0) is 72.0. The van der Waals surface area contributed by atoms with Crippen LogP contribution in [0.5, 0.6) is 0 Å². The number of H-pyrrole nitrogens is 3. The number of aliphatic hydroxyl groups excluding tert-OH is 1. The van der Waals surface area contributed by atoms with Gasteiger partial charge in [-0.2, -0.15) is 0 Å². The van der Waals surface area contributed by atoms with Gasteiger partial charge in [-0.15, -0.1) is 0 Å². The number of sulfonamides is 1. The summed E-state index contributed by atoms with van der Waals surface area (Å²) in [5, 5.41) is 20.8. The summed E-state index contributed by atoms with van der Waals surface area (Å²) in [6.07, 6.45) is 12.0. The molecule has 10 aromatic rings. The number of anilines is 1. The number of fused-ring (bicyclic) bond motifs is 2. The highest BCUT2D eigenvalue weighted by Crippen LogP contribution is 2.26. The summed E-state index contributed by atoms with van der Waals surface area (Å²) in [5.41, 5.74) is 12.2. The number of aromatic nitrogens is 3.